The molecule has 9 heteroatoms. The van der Waals surface area contributed by atoms with Gasteiger partial charge in [0.05, 0.1) is 12.6 Å². The second kappa shape index (κ2) is 9.60. The number of carbonyl (C=O) groups excluding carboxylic acids is 2. The van der Waals surface area contributed by atoms with E-state index in [-0.39, 0.29) is 23.2 Å². The van der Waals surface area contributed by atoms with E-state index >= 15 is 0 Å². The van der Waals surface area contributed by atoms with Gasteiger partial charge in [-0.05, 0) is 43.2 Å². The summed E-state index contributed by atoms with van der Waals surface area (Å²) < 4.78 is 5.68. The molecule has 0 aliphatic carbocycles. The van der Waals surface area contributed by atoms with Crippen molar-refractivity contribution in [2.45, 2.75) is 39.0 Å². The quantitative estimate of drug-likeness (QED) is 0.550. The Morgan fingerprint density at radius 3 is 2.75 bits per heavy atom. The summed E-state index contributed by atoms with van der Waals surface area (Å²) in [5, 5.41) is 1.93. The topological polar surface area (TPSA) is 105 Å². The predicted octanol–water partition coefficient (Wildman–Crippen LogP) is 3.14. The van der Waals surface area contributed by atoms with E-state index in [9.17, 15) is 14.4 Å². The van der Waals surface area contributed by atoms with Crippen LogP contribution in [0.25, 0.3) is 10.2 Å². The number of H-pyrrole nitrogens is 1. The maximum atomic E-state index is 12.7. The number of aromatic amines is 1. The van der Waals surface area contributed by atoms with Crippen LogP contribution in [0.15, 0.2) is 28.5 Å². The first-order valence-electron chi connectivity index (χ1n) is 10.7. The van der Waals surface area contributed by atoms with Gasteiger partial charge in [0.15, 0.2) is 5.78 Å². The first-order valence-corrected chi connectivity index (χ1v) is 11.6. The molecule has 3 aromatic heterocycles. The van der Waals surface area contributed by atoms with Crippen molar-refractivity contribution in [2.24, 2.45) is 5.92 Å². The maximum absolute atomic E-state index is 12.7. The zero-order chi connectivity index (χ0) is 22.7. The third kappa shape index (κ3) is 4.72. The molecular weight excluding hydrogens is 428 g/mol. The lowest BCUT2D eigenvalue weighted by Crippen LogP contribution is -2.40. The Kier molecular flexibility index (Phi) is 6.64. The van der Waals surface area contributed by atoms with E-state index in [1.807, 2.05) is 17.2 Å². The van der Waals surface area contributed by atoms with Gasteiger partial charge in [0.1, 0.15) is 10.5 Å². The molecule has 0 spiro atoms. The number of piperidine rings is 1. The molecule has 3 aromatic rings. The average molecular weight is 455 g/mol. The lowest BCUT2D eigenvalue weighted by Gasteiger charge is -2.31. The first-order chi connectivity index (χ1) is 15.5. The van der Waals surface area contributed by atoms with Gasteiger partial charge >= 0.3 is 0 Å². The van der Waals surface area contributed by atoms with Crippen molar-refractivity contribution in [3.8, 4) is 5.88 Å². The summed E-state index contributed by atoms with van der Waals surface area (Å²) in [6.07, 6.45) is 4.41. The molecule has 1 aliphatic heterocycles. The Labute approximate surface area is 189 Å². The number of likely N-dealkylation sites (tertiary alicyclic amines) is 1. The summed E-state index contributed by atoms with van der Waals surface area (Å²) in [6, 6.07) is 3.42. The number of fused-ring (bicyclic) bond motifs is 1. The number of thiophene rings is 1. The van der Waals surface area contributed by atoms with Crippen LogP contribution in [0, 0.1) is 12.8 Å². The van der Waals surface area contributed by atoms with Crippen LogP contribution in [0.2, 0.25) is 0 Å². The molecule has 0 unspecified atom stereocenters. The second-order valence-electron chi connectivity index (χ2n) is 8.07. The van der Waals surface area contributed by atoms with E-state index in [1.54, 1.807) is 18.3 Å². The zero-order valence-electron chi connectivity index (χ0n) is 18.2. The van der Waals surface area contributed by atoms with Crippen LogP contribution in [0.5, 0.6) is 5.88 Å². The fourth-order valence-corrected chi connectivity index (χ4v) is 4.93. The van der Waals surface area contributed by atoms with E-state index in [0.717, 1.165) is 11.1 Å². The SMILES string of the molecule is COc1ccc(C(=O)C2CCN(C(=O)CCCc3nc4c(C)csc4c(=O)[nH]3)CC2)cn1. The van der Waals surface area contributed by atoms with Gasteiger partial charge in [-0.25, -0.2) is 9.97 Å². The van der Waals surface area contributed by atoms with Gasteiger partial charge in [-0.2, -0.15) is 0 Å². The van der Waals surface area contributed by atoms with Gasteiger partial charge in [0, 0.05) is 49.7 Å². The van der Waals surface area contributed by atoms with Crippen LogP contribution in [0.1, 0.15) is 47.4 Å². The minimum absolute atomic E-state index is 0.0707. The highest BCUT2D eigenvalue weighted by Crippen LogP contribution is 2.23. The summed E-state index contributed by atoms with van der Waals surface area (Å²) in [5.41, 5.74) is 2.21. The highest BCUT2D eigenvalue weighted by atomic mass is 32.1. The Bertz CT molecular complexity index is 1180. The van der Waals surface area contributed by atoms with Gasteiger partial charge < -0.3 is 14.6 Å². The van der Waals surface area contributed by atoms with Crippen LogP contribution in [0.3, 0.4) is 0 Å². The second-order valence-corrected chi connectivity index (χ2v) is 8.95. The number of hydrogen-bond acceptors (Lipinski definition) is 7. The van der Waals surface area contributed by atoms with Crippen molar-refractivity contribution in [1.82, 2.24) is 19.9 Å². The van der Waals surface area contributed by atoms with Crippen LogP contribution in [0.4, 0.5) is 0 Å². The number of carbonyl (C=O) groups is 2. The average Bonchev–Trinajstić information content (AvgIpc) is 3.20. The first kappa shape index (κ1) is 22.1. The lowest BCUT2D eigenvalue weighted by atomic mass is 9.89. The van der Waals surface area contributed by atoms with Crippen LogP contribution >= 0.6 is 11.3 Å². The van der Waals surface area contributed by atoms with E-state index in [1.165, 1.54) is 18.4 Å². The molecule has 1 fully saturated rings. The van der Waals surface area contributed by atoms with Crippen LogP contribution in [-0.4, -0.2) is 51.7 Å². The molecule has 4 rings (SSSR count). The van der Waals surface area contributed by atoms with E-state index in [0.29, 0.717) is 67.2 Å². The van der Waals surface area contributed by atoms with Crippen molar-refractivity contribution in [3.63, 3.8) is 0 Å². The lowest BCUT2D eigenvalue weighted by molar-refractivity contribution is -0.132. The smallest absolute Gasteiger partial charge is 0.268 e. The van der Waals surface area contributed by atoms with Gasteiger partial charge in [0.25, 0.3) is 5.56 Å². The maximum Gasteiger partial charge on any atom is 0.268 e. The summed E-state index contributed by atoms with van der Waals surface area (Å²) in [4.78, 5) is 50.8. The normalized spacial score (nSPS) is 14.6. The highest BCUT2D eigenvalue weighted by molar-refractivity contribution is 7.17. The molecule has 32 heavy (non-hydrogen) atoms. The number of ether oxygens (including phenoxy) is 1. The number of Topliss-reactive ketones (excluding diaryl/α,β-unsaturated/α-hetero) is 1. The molecule has 0 bridgehead atoms. The Morgan fingerprint density at radius 2 is 2.06 bits per heavy atom. The van der Waals surface area contributed by atoms with Crippen molar-refractivity contribution in [1.29, 1.82) is 0 Å². The number of hydrogen-bond donors (Lipinski definition) is 1. The van der Waals surface area contributed by atoms with Gasteiger partial charge in [0.2, 0.25) is 11.8 Å². The van der Waals surface area contributed by atoms with Crippen molar-refractivity contribution < 1.29 is 14.3 Å². The number of ketones is 1. The fraction of sp³-hybridized carbons (Fsp3) is 0.435. The molecule has 0 aromatic carbocycles. The third-order valence-corrected chi connectivity index (χ3v) is 6.99. The number of amides is 1. The predicted molar refractivity (Wildman–Crippen MR) is 122 cm³/mol. The van der Waals surface area contributed by atoms with Crippen LogP contribution < -0.4 is 10.3 Å². The summed E-state index contributed by atoms with van der Waals surface area (Å²) in [5.74, 6) is 1.16. The third-order valence-electron chi connectivity index (χ3n) is 5.91. The summed E-state index contributed by atoms with van der Waals surface area (Å²) in [7, 11) is 1.54. The highest BCUT2D eigenvalue weighted by Gasteiger charge is 2.28. The molecule has 168 valence electrons. The Hall–Kier alpha value is -3.07. The number of nitrogens with one attached hydrogen (secondary N) is 1. The molecule has 8 nitrogen and oxygen atoms in total. The minimum Gasteiger partial charge on any atom is -0.481 e. The number of methoxy groups -OCH3 is 1. The largest absolute Gasteiger partial charge is 0.481 e. The summed E-state index contributed by atoms with van der Waals surface area (Å²) >= 11 is 1.40. The zero-order valence-corrected chi connectivity index (χ0v) is 19.0. The van der Waals surface area contributed by atoms with E-state index < -0.39 is 0 Å². The number of rotatable bonds is 7. The van der Waals surface area contributed by atoms with Crippen molar-refractivity contribution >= 4 is 33.2 Å². The summed E-state index contributed by atoms with van der Waals surface area (Å²) in [6.45, 7) is 3.10. The van der Waals surface area contributed by atoms with E-state index in [4.69, 9.17) is 4.74 Å². The van der Waals surface area contributed by atoms with Gasteiger partial charge in [-0.3, -0.25) is 14.4 Å². The van der Waals surface area contributed by atoms with Gasteiger partial charge in [-0.1, -0.05) is 0 Å². The molecular formula is C23H26N4O4S. The Morgan fingerprint density at radius 1 is 1.28 bits per heavy atom. The molecule has 0 atom stereocenters. The van der Waals surface area contributed by atoms with E-state index in [2.05, 4.69) is 15.0 Å². The molecule has 1 N–H and O–H groups in total. The number of aryl methyl sites for hydroxylation is 2. The minimum atomic E-state index is -0.117. The molecule has 0 radical (unpaired) electrons. The van der Waals surface area contributed by atoms with Crippen molar-refractivity contribution in [2.75, 3.05) is 20.2 Å². The number of pyridine rings is 1. The monoisotopic (exact) mass is 454 g/mol. The fourth-order valence-electron chi connectivity index (χ4n) is 4.05. The number of aromatic nitrogens is 3. The Balaban J connectivity index is 1.26. The molecule has 1 saturated heterocycles. The molecule has 1 aliphatic rings. The molecule has 1 amide bonds. The standard InChI is InChI=1S/C23H26N4O4S/c1-14-13-32-22-20(14)25-17(26-23(22)30)4-3-5-19(28)27-10-8-15(9-11-27)21(29)16-6-7-18(31-2)24-12-16/h6-7,12-13,15H,3-5,8-11H2,1-2H3,(H,25,26,30). The van der Waals surface area contributed by atoms with Gasteiger partial charge in [-0.15, -0.1) is 11.3 Å². The van der Waals surface area contributed by atoms with Crippen molar-refractivity contribution in [3.05, 3.63) is 51.0 Å². The molecule has 0 saturated carbocycles. The molecule has 4 heterocycles. The van der Waals surface area contributed by atoms with Crippen LogP contribution in [-0.2, 0) is 11.2 Å². The number of nitrogens with zero attached hydrogens (tertiary/aromatic N) is 3.